The van der Waals surface area contributed by atoms with Gasteiger partial charge in [0.05, 0.1) is 23.9 Å². The fourth-order valence-corrected chi connectivity index (χ4v) is 3.40. The Labute approximate surface area is 153 Å². The predicted molar refractivity (Wildman–Crippen MR) is 95.8 cm³/mol. The molecule has 1 aliphatic rings. The second-order valence-corrected chi connectivity index (χ2v) is 6.35. The van der Waals surface area contributed by atoms with Gasteiger partial charge in [-0.05, 0) is 30.3 Å². The highest BCUT2D eigenvalue weighted by Crippen LogP contribution is 2.33. The molecule has 0 unspecified atom stereocenters. The van der Waals surface area contributed by atoms with Crippen molar-refractivity contribution < 1.29 is 23.7 Å². The molecule has 1 aliphatic heterocycles. The Kier molecular flexibility index (Phi) is 4.45. The van der Waals surface area contributed by atoms with Crippen molar-refractivity contribution in [3.8, 4) is 27.8 Å². The number of hydrogen-bond donors (Lipinski definition) is 0. The van der Waals surface area contributed by atoms with Gasteiger partial charge >= 0.3 is 5.97 Å². The first-order chi connectivity index (χ1) is 12.7. The molecule has 7 heteroatoms. The minimum absolute atomic E-state index is 0.0962. The van der Waals surface area contributed by atoms with Crippen LogP contribution in [0.5, 0.6) is 17.2 Å². The summed E-state index contributed by atoms with van der Waals surface area (Å²) in [4.78, 5) is 16.8. The summed E-state index contributed by atoms with van der Waals surface area (Å²) >= 11 is 1.48. The third-order valence-corrected chi connectivity index (χ3v) is 4.77. The molecule has 4 rings (SSSR count). The zero-order chi connectivity index (χ0) is 17.9. The van der Waals surface area contributed by atoms with Crippen LogP contribution in [0, 0.1) is 0 Å². The average Bonchev–Trinajstić information content (AvgIpc) is 3.34. The number of para-hydroxylation sites is 1. The average molecular weight is 369 g/mol. The van der Waals surface area contributed by atoms with Gasteiger partial charge in [-0.2, -0.15) is 0 Å². The zero-order valence-corrected chi connectivity index (χ0v) is 14.7. The summed E-state index contributed by atoms with van der Waals surface area (Å²) in [5.74, 6) is 1.50. The van der Waals surface area contributed by atoms with Gasteiger partial charge in [0.15, 0.2) is 11.5 Å². The van der Waals surface area contributed by atoms with E-state index < -0.39 is 5.97 Å². The van der Waals surface area contributed by atoms with Crippen LogP contribution in [-0.2, 0) is 11.3 Å². The van der Waals surface area contributed by atoms with E-state index in [0.29, 0.717) is 22.8 Å². The van der Waals surface area contributed by atoms with Gasteiger partial charge in [0, 0.05) is 5.38 Å². The number of benzene rings is 2. The molecule has 0 fully saturated rings. The smallest absolute Gasteiger partial charge is 0.338 e. The molecule has 3 aromatic rings. The minimum atomic E-state index is -0.435. The van der Waals surface area contributed by atoms with Crippen molar-refractivity contribution in [3.05, 3.63) is 59.1 Å². The van der Waals surface area contributed by atoms with E-state index in [2.05, 4.69) is 4.98 Å². The van der Waals surface area contributed by atoms with Crippen molar-refractivity contribution in [2.45, 2.75) is 6.61 Å². The van der Waals surface area contributed by atoms with Gasteiger partial charge in [-0.25, -0.2) is 9.78 Å². The number of carbonyl (C=O) groups is 1. The number of aromatic nitrogens is 1. The van der Waals surface area contributed by atoms with Gasteiger partial charge < -0.3 is 18.9 Å². The molecule has 0 saturated heterocycles. The third kappa shape index (κ3) is 3.21. The first kappa shape index (κ1) is 16.4. The first-order valence-electron chi connectivity index (χ1n) is 7.89. The Morgan fingerprint density at radius 2 is 2.04 bits per heavy atom. The van der Waals surface area contributed by atoms with Crippen LogP contribution in [0.3, 0.4) is 0 Å². The van der Waals surface area contributed by atoms with Crippen molar-refractivity contribution >= 4 is 17.3 Å². The Morgan fingerprint density at radius 3 is 2.92 bits per heavy atom. The maximum Gasteiger partial charge on any atom is 0.338 e. The highest BCUT2D eigenvalue weighted by atomic mass is 32.1. The van der Waals surface area contributed by atoms with E-state index in [1.54, 1.807) is 25.3 Å². The fraction of sp³-hybridized carbons (Fsp3) is 0.158. The monoisotopic (exact) mass is 369 g/mol. The van der Waals surface area contributed by atoms with Crippen molar-refractivity contribution in [3.63, 3.8) is 0 Å². The molecule has 0 bridgehead atoms. The van der Waals surface area contributed by atoms with Crippen LogP contribution >= 0.6 is 11.3 Å². The number of fused-ring (bicyclic) bond motifs is 1. The van der Waals surface area contributed by atoms with Crippen molar-refractivity contribution in [2.75, 3.05) is 13.9 Å². The maximum atomic E-state index is 12.2. The lowest BCUT2D eigenvalue weighted by atomic mass is 10.2. The van der Waals surface area contributed by atoms with Crippen LogP contribution in [0.2, 0.25) is 0 Å². The van der Waals surface area contributed by atoms with Gasteiger partial charge in [0.25, 0.3) is 0 Å². The summed E-state index contributed by atoms with van der Waals surface area (Å²) in [7, 11) is 1.63. The molecule has 0 radical (unpaired) electrons. The lowest BCUT2D eigenvalue weighted by molar-refractivity contribution is 0.0468. The quantitative estimate of drug-likeness (QED) is 0.636. The Balaban J connectivity index is 1.44. The van der Waals surface area contributed by atoms with Crippen LogP contribution in [0.1, 0.15) is 16.1 Å². The molecule has 0 N–H and O–H groups in total. The predicted octanol–water partition coefficient (Wildman–Crippen LogP) is 3.90. The molecular weight excluding hydrogens is 354 g/mol. The largest absolute Gasteiger partial charge is 0.496 e. The van der Waals surface area contributed by atoms with Crippen LogP contribution in [-0.4, -0.2) is 24.9 Å². The van der Waals surface area contributed by atoms with Crippen molar-refractivity contribution in [1.82, 2.24) is 4.98 Å². The van der Waals surface area contributed by atoms with Crippen LogP contribution in [0.15, 0.2) is 47.8 Å². The van der Waals surface area contributed by atoms with Gasteiger partial charge in [0.2, 0.25) is 6.79 Å². The topological polar surface area (TPSA) is 66.9 Å². The van der Waals surface area contributed by atoms with Crippen molar-refractivity contribution in [1.29, 1.82) is 0 Å². The van der Waals surface area contributed by atoms with Crippen LogP contribution in [0.25, 0.3) is 10.6 Å². The standard InChI is InChI=1S/C19H15NO5S/c1-22-15-5-3-2-4-14(15)18-20-13(10-26-18)9-23-19(21)12-6-7-16-17(8-12)25-11-24-16/h2-8,10H,9,11H2,1H3. The molecule has 1 aromatic heterocycles. The zero-order valence-electron chi connectivity index (χ0n) is 13.9. The van der Waals surface area contributed by atoms with E-state index in [1.165, 1.54) is 11.3 Å². The normalized spacial score (nSPS) is 12.0. The molecule has 2 heterocycles. The van der Waals surface area contributed by atoms with Crippen LogP contribution < -0.4 is 14.2 Å². The van der Waals surface area contributed by atoms with Gasteiger partial charge in [-0.15, -0.1) is 11.3 Å². The molecule has 0 aliphatic carbocycles. The Hall–Kier alpha value is -3.06. The summed E-state index contributed by atoms with van der Waals surface area (Å²) in [6.45, 7) is 0.261. The highest BCUT2D eigenvalue weighted by molar-refractivity contribution is 7.13. The number of ether oxygens (including phenoxy) is 4. The first-order valence-corrected chi connectivity index (χ1v) is 8.77. The number of rotatable bonds is 5. The van der Waals surface area contributed by atoms with E-state index in [4.69, 9.17) is 18.9 Å². The Bertz CT molecular complexity index is 953. The summed E-state index contributed by atoms with van der Waals surface area (Å²) in [6.07, 6.45) is 0. The van der Waals surface area contributed by atoms with E-state index in [-0.39, 0.29) is 13.4 Å². The molecule has 0 atom stereocenters. The molecule has 0 saturated carbocycles. The second-order valence-electron chi connectivity index (χ2n) is 5.49. The molecule has 26 heavy (non-hydrogen) atoms. The lowest BCUT2D eigenvalue weighted by Crippen LogP contribution is -2.05. The highest BCUT2D eigenvalue weighted by Gasteiger charge is 2.17. The SMILES string of the molecule is COc1ccccc1-c1nc(COC(=O)c2ccc3c(c2)OCO3)cs1. The van der Waals surface area contributed by atoms with Crippen molar-refractivity contribution in [2.24, 2.45) is 0 Å². The number of thiazole rings is 1. The minimum Gasteiger partial charge on any atom is -0.496 e. The number of hydrogen-bond acceptors (Lipinski definition) is 7. The number of nitrogens with zero attached hydrogens (tertiary/aromatic N) is 1. The van der Waals surface area contributed by atoms with Gasteiger partial charge in [0.1, 0.15) is 17.4 Å². The summed E-state index contributed by atoms with van der Waals surface area (Å²) in [5, 5.41) is 2.69. The fourth-order valence-electron chi connectivity index (χ4n) is 2.56. The molecule has 132 valence electrons. The molecule has 2 aromatic carbocycles. The Morgan fingerprint density at radius 1 is 1.19 bits per heavy atom. The van der Waals surface area contributed by atoms with E-state index in [0.717, 1.165) is 16.3 Å². The molecular formula is C19H15NO5S. The molecule has 0 amide bonds. The second kappa shape index (κ2) is 7.05. The summed E-state index contributed by atoms with van der Waals surface area (Å²) < 4.78 is 21.2. The van der Waals surface area contributed by atoms with Gasteiger partial charge in [-0.3, -0.25) is 0 Å². The van der Waals surface area contributed by atoms with E-state index in [1.807, 2.05) is 29.6 Å². The van der Waals surface area contributed by atoms with E-state index >= 15 is 0 Å². The summed E-state index contributed by atoms with van der Waals surface area (Å²) in [6, 6.07) is 12.6. The molecule has 0 spiro atoms. The third-order valence-electron chi connectivity index (χ3n) is 3.85. The number of esters is 1. The van der Waals surface area contributed by atoms with E-state index in [9.17, 15) is 4.79 Å². The number of methoxy groups -OCH3 is 1. The lowest BCUT2D eigenvalue weighted by Gasteiger charge is -2.05. The maximum absolute atomic E-state index is 12.2. The number of carbonyl (C=O) groups excluding carboxylic acids is 1. The summed E-state index contributed by atoms with van der Waals surface area (Å²) in [5.41, 5.74) is 2.01. The molecule has 6 nitrogen and oxygen atoms in total. The van der Waals surface area contributed by atoms with Gasteiger partial charge in [-0.1, -0.05) is 12.1 Å². The van der Waals surface area contributed by atoms with Crippen LogP contribution in [0.4, 0.5) is 0 Å².